The Balaban J connectivity index is 1.72. The molecule has 1 unspecified atom stereocenters. The molecule has 0 aliphatic carbocycles. The van der Waals surface area contributed by atoms with Crippen molar-refractivity contribution >= 4 is 5.91 Å². The molecule has 1 saturated heterocycles. The predicted octanol–water partition coefficient (Wildman–Crippen LogP) is 3.06. The minimum Gasteiger partial charge on any atom is -0.376 e. The first kappa shape index (κ1) is 16.7. The Morgan fingerprint density at radius 1 is 1.33 bits per heavy atom. The minimum atomic E-state index is -0.151. The number of benzene rings is 1. The first-order chi connectivity index (χ1) is 11.5. The van der Waals surface area contributed by atoms with Crippen LogP contribution in [0.15, 0.2) is 42.9 Å². The number of carbonyl (C=O) groups excluding carboxylic acids is 1. The highest BCUT2D eigenvalue weighted by Crippen LogP contribution is 2.43. The number of nitrogens with one attached hydrogen (secondary N) is 2. The topological polar surface area (TPSA) is 67.0 Å². The number of carbonyl (C=O) groups is 1. The van der Waals surface area contributed by atoms with Gasteiger partial charge in [-0.1, -0.05) is 30.3 Å². The Morgan fingerprint density at radius 2 is 2.12 bits per heavy atom. The molecule has 1 atom stereocenters. The molecule has 24 heavy (non-hydrogen) atoms. The van der Waals surface area contributed by atoms with Gasteiger partial charge in [0, 0.05) is 18.6 Å². The number of hydrogen-bond acceptors (Lipinski definition) is 3. The highest BCUT2D eigenvalue weighted by atomic mass is 16.5. The molecule has 5 heteroatoms. The first-order valence-corrected chi connectivity index (χ1v) is 8.47. The molecule has 0 spiro atoms. The molecule has 0 saturated carbocycles. The first-order valence-electron chi connectivity index (χ1n) is 8.47. The molecule has 1 aromatic carbocycles. The fourth-order valence-electron chi connectivity index (χ4n) is 3.76. The lowest BCUT2D eigenvalue weighted by Gasteiger charge is -2.45. The van der Waals surface area contributed by atoms with Gasteiger partial charge in [0.15, 0.2) is 0 Å². The molecule has 3 rings (SSSR count). The number of aromatic amines is 1. The lowest BCUT2D eigenvalue weighted by molar-refractivity contribution is -0.0838. The average molecular weight is 327 g/mol. The molecule has 0 bridgehead atoms. The van der Waals surface area contributed by atoms with Gasteiger partial charge in [0.1, 0.15) is 5.69 Å². The Morgan fingerprint density at radius 3 is 2.79 bits per heavy atom. The van der Waals surface area contributed by atoms with E-state index in [2.05, 4.69) is 53.4 Å². The Labute approximate surface area is 142 Å². The SMILES string of the molecule is CC1(C)CC(CCNC(=O)c2cnc[nH]2)(c2ccccc2)CCO1. The summed E-state index contributed by atoms with van der Waals surface area (Å²) in [4.78, 5) is 18.8. The van der Waals surface area contributed by atoms with Crippen LogP contribution in [0.3, 0.4) is 0 Å². The maximum Gasteiger partial charge on any atom is 0.269 e. The summed E-state index contributed by atoms with van der Waals surface area (Å²) in [5.74, 6) is -0.109. The third-order valence-electron chi connectivity index (χ3n) is 4.86. The molecule has 5 nitrogen and oxygen atoms in total. The van der Waals surface area contributed by atoms with Crippen LogP contribution < -0.4 is 5.32 Å². The molecular formula is C19H25N3O2. The average Bonchev–Trinajstić information content (AvgIpc) is 3.09. The molecule has 1 fully saturated rings. The van der Waals surface area contributed by atoms with Crippen LogP contribution in [0.25, 0.3) is 0 Å². The summed E-state index contributed by atoms with van der Waals surface area (Å²) in [5, 5.41) is 3.00. The van der Waals surface area contributed by atoms with Crippen LogP contribution in [0, 0.1) is 0 Å². The lowest BCUT2D eigenvalue weighted by Crippen LogP contribution is -2.45. The third-order valence-corrected chi connectivity index (χ3v) is 4.86. The molecule has 0 radical (unpaired) electrons. The molecule has 2 aromatic rings. The van der Waals surface area contributed by atoms with E-state index in [9.17, 15) is 4.79 Å². The van der Waals surface area contributed by atoms with E-state index in [1.54, 1.807) is 6.20 Å². The third kappa shape index (κ3) is 3.67. The van der Waals surface area contributed by atoms with Gasteiger partial charge < -0.3 is 15.0 Å². The van der Waals surface area contributed by atoms with Crippen molar-refractivity contribution in [2.75, 3.05) is 13.2 Å². The highest BCUT2D eigenvalue weighted by molar-refractivity contribution is 5.91. The van der Waals surface area contributed by atoms with Gasteiger partial charge in [-0.2, -0.15) is 0 Å². The summed E-state index contributed by atoms with van der Waals surface area (Å²) in [6.45, 7) is 5.67. The zero-order chi connectivity index (χ0) is 17.0. The fraction of sp³-hybridized carbons (Fsp3) is 0.474. The van der Waals surface area contributed by atoms with E-state index in [0.29, 0.717) is 12.2 Å². The summed E-state index contributed by atoms with van der Waals surface area (Å²) in [6.07, 6.45) is 5.87. The van der Waals surface area contributed by atoms with E-state index < -0.39 is 0 Å². The minimum absolute atomic E-state index is 0.0320. The Bertz CT molecular complexity index is 667. The second kappa shape index (κ2) is 6.77. The van der Waals surface area contributed by atoms with Crippen molar-refractivity contribution in [1.29, 1.82) is 0 Å². The summed E-state index contributed by atoms with van der Waals surface area (Å²) in [6, 6.07) is 10.6. The smallest absolute Gasteiger partial charge is 0.269 e. The molecule has 1 aliphatic heterocycles. The van der Waals surface area contributed by atoms with Crippen LogP contribution >= 0.6 is 0 Å². The van der Waals surface area contributed by atoms with Gasteiger partial charge in [0.2, 0.25) is 0 Å². The lowest BCUT2D eigenvalue weighted by atomic mass is 9.67. The molecule has 1 aromatic heterocycles. The number of nitrogens with zero attached hydrogens (tertiary/aromatic N) is 1. The summed E-state index contributed by atoms with van der Waals surface area (Å²) < 4.78 is 5.93. The quantitative estimate of drug-likeness (QED) is 0.887. The number of H-pyrrole nitrogens is 1. The number of rotatable bonds is 5. The van der Waals surface area contributed by atoms with E-state index in [1.807, 2.05) is 6.07 Å². The van der Waals surface area contributed by atoms with Gasteiger partial charge in [-0.05, 0) is 38.7 Å². The normalized spacial score (nSPS) is 22.9. The Hall–Kier alpha value is -2.14. The van der Waals surface area contributed by atoms with Crippen LogP contribution in [-0.2, 0) is 10.2 Å². The zero-order valence-electron chi connectivity index (χ0n) is 14.3. The maximum absolute atomic E-state index is 12.1. The summed E-state index contributed by atoms with van der Waals surface area (Å²) in [7, 11) is 0. The van der Waals surface area contributed by atoms with Crippen molar-refractivity contribution in [3.63, 3.8) is 0 Å². The van der Waals surface area contributed by atoms with Gasteiger partial charge in [-0.25, -0.2) is 4.98 Å². The molecule has 128 valence electrons. The van der Waals surface area contributed by atoms with Crippen molar-refractivity contribution in [2.45, 2.75) is 44.1 Å². The van der Waals surface area contributed by atoms with Crippen LogP contribution in [0.2, 0.25) is 0 Å². The van der Waals surface area contributed by atoms with Gasteiger partial charge in [-0.15, -0.1) is 0 Å². The number of imidazole rings is 1. The number of ether oxygens (including phenoxy) is 1. The molecular weight excluding hydrogens is 302 g/mol. The van der Waals surface area contributed by atoms with Gasteiger partial charge in [0.25, 0.3) is 5.91 Å². The van der Waals surface area contributed by atoms with Crippen LogP contribution in [-0.4, -0.2) is 34.6 Å². The Kier molecular flexibility index (Phi) is 4.71. The van der Waals surface area contributed by atoms with Crippen molar-refractivity contribution in [1.82, 2.24) is 15.3 Å². The van der Waals surface area contributed by atoms with Crippen molar-refractivity contribution in [3.05, 3.63) is 54.1 Å². The molecule has 1 amide bonds. The number of aromatic nitrogens is 2. The van der Waals surface area contributed by atoms with E-state index >= 15 is 0 Å². The second-order valence-corrected chi connectivity index (χ2v) is 7.15. The standard InChI is InChI=1S/C19H25N3O2/c1-18(2)13-19(9-11-24-18,15-6-4-3-5-7-15)8-10-21-17(23)16-12-20-14-22-16/h3-7,12,14H,8-11,13H2,1-2H3,(H,20,22)(H,21,23). The van der Waals surface area contributed by atoms with Gasteiger partial charge in [0.05, 0.1) is 18.1 Å². The monoisotopic (exact) mass is 327 g/mol. The van der Waals surface area contributed by atoms with E-state index in [0.717, 1.165) is 25.9 Å². The van der Waals surface area contributed by atoms with Crippen LogP contribution in [0.1, 0.15) is 49.2 Å². The molecule has 1 aliphatic rings. The predicted molar refractivity (Wildman–Crippen MR) is 92.9 cm³/mol. The second-order valence-electron chi connectivity index (χ2n) is 7.15. The van der Waals surface area contributed by atoms with Crippen molar-refractivity contribution < 1.29 is 9.53 Å². The number of hydrogen-bond donors (Lipinski definition) is 2. The summed E-state index contributed by atoms with van der Waals surface area (Å²) >= 11 is 0. The summed E-state index contributed by atoms with van der Waals surface area (Å²) in [5.41, 5.74) is 1.71. The van der Waals surface area contributed by atoms with Crippen LogP contribution in [0.5, 0.6) is 0 Å². The highest BCUT2D eigenvalue weighted by Gasteiger charge is 2.41. The van der Waals surface area contributed by atoms with Crippen molar-refractivity contribution in [2.24, 2.45) is 0 Å². The van der Waals surface area contributed by atoms with E-state index in [1.165, 1.54) is 11.9 Å². The van der Waals surface area contributed by atoms with Gasteiger partial charge in [-0.3, -0.25) is 4.79 Å². The number of amides is 1. The molecule has 2 heterocycles. The fourth-order valence-corrected chi connectivity index (χ4v) is 3.76. The van der Waals surface area contributed by atoms with Crippen LogP contribution in [0.4, 0.5) is 0 Å². The van der Waals surface area contributed by atoms with E-state index in [-0.39, 0.29) is 16.9 Å². The largest absolute Gasteiger partial charge is 0.376 e. The van der Waals surface area contributed by atoms with Gasteiger partial charge >= 0.3 is 0 Å². The maximum atomic E-state index is 12.1. The van der Waals surface area contributed by atoms with E-state index in [4.69, 9.17) is 4.74 Å². The zero-order valence-corrected chi connectivity index (χ0v) is 14.3. The molecule has 2 N–H and O–H groups in total. The van der Waals surface area contributed by atoms with Crippen molar-refractivity contribution in [3.8, 4) is 0 Å².